The molecule has 0 unspecified atom stereocenters. The highest BCUT2D eigenvalue weighted by Crippen LogP contribution is 2.24. The van der Waals surface area contributed by atoms with E-state index >= 15 is 0 Å². The van der Waals surface area contributed by atoms with Crippen molar-refractivity contribution in [1.82, 2.24) is 4.57 Å². The molecule has 1 amide bonds. The molecular formula is C19H16BrClN2O2. The summed E-state index contributed by atoms with van der Waals surface area (Å²) in [6.07, 6.45) is 1.60. The lowest BCUT2D eigenvalue weighted by Crippen LogP contribution is -2.24. The fraction of sp³-hybridized carbons (Fsp3) is 0.158. The van der Waals surface area contributed by atoms with Crippen LogP contribution in [0, 0.1) is 6.92 Å². The van der Waals surface area contributed by atoms with E-state index in [-0.39, 0.29) is 11.0 Å². The van der Waals surface area contributed by atoms with Gasteiger partial charge in [0, 0.05) is 33.3 Å². The van der Waals surface area contributed by atoms with Crippen LogP contribution in [-0.2, 0) is 6.54 Å². The Morgan fingerprint density at radius 3 is 2.52 bits per heavy atom. The summed E-state index contributed by atoms with van der Waals surface area (Å²) >= 11 is 9.54. The second kappa shape index (κ2) is 7.02. The Bertz CT molecular complexity index is 1030. The Morgan fingerprint density at radius 2 is 1.88 bits per heavy atom. The van der Waals surface area contributed by atoms with Gasteiger partial charge in [0.25, 0.3) is 5.91 Å². The molecule has 0 atom stereocenters. The fourth-order valence-electron chi connectivity index (χ4n) is 2.80. The van der Waals surface area contributed by atoms with Gasteiger partial charge < -0.3 is 9.88 Å². The standard InChI is InChI=1S/C19H16BrClN2O2/c1-3-23-10-15(19(25)22-13-6-4-12(20)5-7-13)18(24)14-8-9-16(21)11(2)17(14)23/h4-10H,3H2,1-2H3,(H,22,25). The van der Waals surface area contributed by atoms with E-state index in [0.717, 1.165) is 15.6 Å². The van der Waals surface area contributed by atoms with Gasteiger partial charge in [-0.05, 0) is 55.8 Å². The van der Waals surface area contributed by atoms with E-state index in [1.165, 1.54) is 0 Å². The minimum Gasteiger partial charge on any atom is -0.346 e. The first-order valence-corrected chi connectivity index (χ1v) is 8.98. The van der Waals surface area contributed by atoms with Crippen LogP contribution in [0.15, 0.2) is 51.9 Å². The molecule has 0 aliphatic heterocycles. The first-order chi connectivity index (χ1) is 11.9. The second-order valence-electron chi connectivity index (χ2n) is 5.69. The lowest BCUT2D eigenvalue weighted by Gasteiger charge is -2.14. The lowest BCUT2D eigenvalue weighted by molar-refractivity contribution is 0.102. The maximum atomic E-state index is 12.8. The number of hydrogen-bond donors (Lipinski definition) is 1. The molecule has 0 fully saturated rings. The van der Waals surface area contributed by atoms with Gasteiger partial charge in [0.2, 0.25) is 5.43 Å². The van der Waals surface area contributed by atoms with Gasteiger partial charge in [-0.1, -0.05) is 27.5 Å². The predicted octanol–water partition coefficient (Wildman–Crippen LogP) is 5.00. The molecule has 3 aromatic rings. The zero-order valence-corrected chi connectivity index (χ0v) is 16.1. The van der Waals surface area contributed by atoms with Gasteiger partial charge >= 0.3 is 0 Å². The molecule has 0 spiro atoms. The number of anilines is 1. The van der Waals surface area contributed by atoms with Crippen LogP contribution in [-0.4, -0.2) is 10.5 Å². The van der Waals surface area contributed by atoms with Crippen molar-refractivity contribution >= 4 is 50.0 Å². The molecule has 128 valence electrons. The molecule has 0 radical (unpaired) electrons. The summed E-state index contributed by atoms with van der Waals surface area (Å²) < 4.78 is 2.80. The van der Waals surface area contributed by atoms with E-state index in [2.05, 4.69) is 21.2 Å². The van der Waals surface area contributed by atoms with E-state index in [1.807, 2.05) is 30.5 Å². The number of aryl methyl sites for hydroxylation is 2. The molecule has 6 heteroatoms. The highest BCUT2D eigenvalue weighted by Gasteiger charge is 2.17. The van der Waals surface area contributed by atoms with Crippen LogP contribution in [0.1, 0.15) is 22.8 Å². The van der Waals surface area contributed by atoms with E-state index in [0.29, 0.717) is 22.6 Å². The van der Waals surface area contributed by atoms with Crippen molar-refractivity contribution < 1.29 is 4.79 Å². The Balaban J connectivity index is 2.12. The molecule has 0 aliphatic carbocycles. The summed E-state index contributed by atoms with van der Waals surface area (Å²) in [7, 11) is 0. The van der Waals surface area contributed by atoms with E-state index < -0.39 is 5.91 Å². The second-order valence-corrected chi connectivity index (χ2v) is 7.01. The van der Waals surface area contributed by atoms with E-state index in [4.69, 9.17) is 11.6 Å². The lowest BCUT2D eigenvalue weighted by atomic mass is 10.1. The fourth-order valence-corrected chi connectivity index (χ4v) is 3.21. The monoisotopic (exact) mass is 418 g/mol. The number of nitrogens with one attached hydrogen (secondary N) is 1. The summed E-state index contributed by atoms with van der Waals surface area (Å²) in [5.41, 5.74) is 2.04. The minimum atomic E-state index is -0.427. The number of rotatable bonds is 3. The summed E-state index contributed by atoms with van der Waals surface area (Å²) in [5, 5.41) is 3.86. The van der Waals surface area contributed by atoms with Crippen molar-refractivity contribution in [2.24, 2.45) is 0 Å². The van der Waals surface area contributed by atoms with Crippen LogP contribution >= 0.6 is 27.5 Å². The molecule has 3 rings (SSSR count). The number of carbonyl (C=O) groups is 1. The molecule has 0 saturated carbocycles. The number of aromatic nitrogens is 1. The molecule has 0 aliphatic rings. The Morgan fingerprint density at radius 1 is 1.20 bits per heavy atom. The number of benzene rings is 2. The van der Waals surface area contributed by atoms with Crippen LogP contribution < -0.4 is 10.7 Å². The van der Waals surface area contributed by atoms with Crippen LogP contribution in [0.3, 0.4) is 0 Å². The van der Waals surface area contributed by atoms with Crippen LogP contribution in [0.5, 0.6) is 0 Å². The SMILES string of the molecule is CCn1cc(C(=O)Nc2ccc(Br)cc2)c(=O)c2ccc(Cl)c(C)c21. The first-order valence-electron chi connectivity index (χ1n) is 7.81. The first kappa shape index (κ1) is 17.7. The summed E-state index contributed by atoms with van der Waals surface area (Å²) in [6, 6.07) is 10.6. The van der Waals surface area contributed by atoms with Crippen molar-refractivity contribution in [2.45, 2.75) is 20.4 Å². The molecule has 4 nitrogen and oxygen atoms in total. The Hall–Kier alpha value is -2.11. The smallest absolute Gasteiger partial charge is 0.261 e. The molecule has 25 heavy (non-hydrogen) atoms. The van der Waals surface area contributed by atoms with Gasteiger partial charge in [0.05, 0.1) is 5.52 Å². The van der Waals surface area contributed by atoms with Gasteiger partial charge in [-0.25, -0.2) is 0 Å². The topological polar surface area (TPSA) is 51.1 Å². The van der Waals surface area contributed by atoms with E-state index in [9.17, 15) is 9.59 Å². The third-order valence-electron chi connectivity index (χ3n) is 4.11. The number of carbonyl (C=O) groups excluding carboxylic acids is 1. The Labute approximate surface area is 158 Å². The maximum Gasteiger partial charge on any atom is 0.261 e. The average Bonchev–Trinajstić information content (AvgIpc) is 2.60. The number of fused-ring (bicyclic) bond motifs is 1. The number of amides is 1. The van der Waals surface area contributed by atoms with Crippen molar-refractivity contribution in [3.63, 3.8) is 0 Å². The van der Waals surface area contributed by atoms with Gasteiger partial charge in [-0.2, -0.15) is 0 Å². The number of nitrogens with zero attached hydrogens (tertiary/aromatic N) is 1. The zero-order chi connectivity index (χ0) is 18.1. The average molecular weight is 420 g/mol. The molecule has 0 bridgehead atoms. The highest BCUT2D eigenvalue weighted by atomic mass is 79.9. The molecule has 1 aromatic heterocycles. The highest BCUT2D eigenvalue weighted by molar-refractivity contribution is 9.10. The number of hydrogen-bond acceptors (Lipinski definition) is 2. The molecular weight excluding hydrogens is 404 g/mol. The summed E-state index contributed by atoms with van der Waals surface area (Å²) in [4.78, 5) is 25.4. The predicted molar refractivity (Wildman–Crippen MR) is 106 cm³/mol. The van der Waals surface area contributed by atoms with Crippen molar-refractivity contribution in [1.29, 1.82) is 0 Å². The quantitative estimate of drug-likeness (QED) is 0.649. The van der Waals surface area contributed by atoms with Crippen LogP contribution in [0.4, 0.5) is 5.69 Å². The largest absolute Gasteiger partial charge is 0.346 e. The van der Waals surface area contributed by atoms with Gasteiger partial charge in [0.15, 0.2) is 0 Å². The third-order valence-corrected chi connectivity index (χ3v) is 5.05. The molecule has 0 saturated heterocycles. The maximum absolute atomic E-state index is 12.8. The van der Waals surface area contributed by atoms with Crippen LogP contribution in [0.2, 0.25) is 5.02 Å². The molecule has 1 N–H and O–H groups in total. The third kappa shape index (κ3) is 3.34. The van der Waals surface area contributed by atoms with Gasteiger partial charge in [0.1, 0.15) is 5.56 Å². The zero-order valence-electron chi connectivity index (χ0n) is 13.8. The Kier molecular flexibility index (Phi) is 4.97. The molecule has 2 aromatic carbocycles. The number of halogens is 2. The normalized spacial score (nSPS) is 10.9. The summed E-state index contributed by atoms with van der Waals surface area (Å²) in [5.74, 6) is -0.427. The number of pyridine rings is 1. The summed E-state index contributed by atoms with van der Waals surface area (Å²) in [6.45, 7) is 4.45. The van der Waals surface area contributed by atoms with Crippen molar-refractivity contribution in [2.75, 3.05) is 5.32 Å². The molecule has 1 heterocycles. The van der Waals surface area contributed by atoms with Crippen LogP contribution in [0.25, 0.3) is 10.9 Å². The van der Waals surface area contributed by atoms with Gasteiger partial charge in [-0.15, -0.1) is 0 Å². The van der Waals surface area contributed by atoms with Crippen molar-refractivity contribution in [3.05, 3.63) is 73.4 Å². The van der Waals surface area contributed by atoms with Gasteiger partial charge in [-0.3, -0.25) is 9.59 Å². The minimum absolute atomic E-state index is 0.110. The van der Waals surface area contributed by atoms with E-state index in [1.54, 1.807) is 30.5 Å². The van der Waals surface area contributed by atoms with Crippen molar-refractivity contribution in [3.8, 4) is 0 Å².